The lowest BCUT2D eigenvalue weighted by Crippen LogP contribution is -2.39. The van der Waals surface area contributed by atoms with Gasteiger partial charge >= 0.3 is 0 Å². The van der Waals surface area contributed by atoms with Crippen molar-refractivity contribution in [3.63, 3.8) is 0 Å². The first kappa shape index (κ1) is 23.5. The van der Waals surface area contributed by atoms with Gasteiger partial charge in [-0.15, -0.1) is 0 Å². The molecule has 1 aliphatic heterocycles. The number of anilines is 1. The van der Waals surface area contributed by atoms with Gasteiger partial charge in [0.1, 0.15) is 17.3 Å². The predicted octanol–water partition coefficient (Wildman–Crippen LogP) is 5.09. The molecule has 0 radical (unpaired) electrons. The zero-order valence-electron chi connectivity index (χ0n) is 20.0. The van der Waals surface area contributed by atoms with E-state index in [0.717, 1.165) is 5.70 Å². The van der Waals surface area contributed by atoms with Crippen molar-refractivity contribution in [2.45, 2.75) is 39.5 Å². The maximum absolute atomic E-state index is 13.7. The fraction of sp³-hybridized carbons (Fsp3) is 0.333. The van der Waals surface area contributed by atoms with Crippen LogP contribution in [0.3, 0.4) is 0 Å². The fourth-order valence-corrected chi connectivity index (χ4v) is 4.88. The lowest BCUT2D eigenvalue weighted by Gasteiger charge is -2.40. The molecular formula is C27H29FN2O4. The van der Waals surface area contributed by atoms with E-state index in [1.54, 1.807) is 38.5 Å². The van der Waals surface area contributed by atoms with Crippen molar-refractivity contribution < 1.29 is 23.5 Å². The number of halogens is 1. The molecular weight excluding hydrogens is 435 g/mol. The van der Waals surface area contributed by atoms with E-state index >= 15 is 0 Å². The quantitative estimate of drug-likeness (QED) is 0.645. The van der Waals surface area contributed by atoms with E-state index in [9.17, 15) is 14.0 Å². The molecule has 7 heteroatoms. The van der Waals surface area contributed by atoms with Gasteiger partial charge in [0.05, 0.1) is 20.1 Å². The number of allylic oxidation sites excluding steroid dienone is 3. The number of nitrogens with one attached hydrogen (secondary N) is 2. The maximum Gasteiger partial charge on any atom is 0.254 e. The molecule has 0 bridgehead atoms. The first-order valence-electron chi connectivity index (χ1n) is 11.2. The number of hydrogen-bond acceptors (Lipinski definition) is 5. The summed E-state index contributed by atoms with van der Waals surface area (Å²) in [4.78, 5) is 27.1. The highest BCUT2D eigenvalue weighted by Crippen LogP contribution is 2.49. The Morgan fingerprint density at radius 1 is 1.12 bits per heavy atom. The number of carbonyl (C=O) groups excluding carboxylic acids is 2. The summed E-state index contributed by atoms with van der Waals surface area (Å²) in [6.45, 7) is 5.93. The third-order valence-corrected chi connectivity index (χ3v) is 6.31. The number of ether oxygens (including phenoxy) is 2. The Kier molecular flexibility index (Phi) is 6.21. The van der Waals surface area contributed by atoms with Gasteiger partial charge < -0.3 is 20.1 Å². The summed E-state index contributed by atoms with van der Waals surface area (Å²) < 4.78 is 24.8. The lowest BCUT2D eigenvalue weighted by atomic mass is 9.68. The average Bonchev–Trinajstić information content (AvgIpc) is 2.76. The van der Waals surface area contributed by atoms with E-state index in [-0.39, 0.29) is 11.2 Å². The number of hydrogen-bond donors (Lipinski definition) is 2. The summed E-state index contributed by atoms with van der Waals surface area (Å²) in [7, 11) is 3.11. The molecule has 4 rings (SSSR count). The first-order valence-corrected chi connectivity index (χ1v) is 11.2. The van der Waals surface area contributed by atoms with Gasteiger partial charge in [0.25, 0.3) is 5.91 Å². The van der Waals surface area contributed by atoms with Gasteiger partial charge in [0.2, 0.25) is 0 Å². The smallest absolute Gasteiger partial charge is 0.254 e. The van der Waals surface area contributed by atoms with Crippen molar-refractivity contribution in [1.29, 1.82) is 0 Å². The van der Waals surface area contributed by atoms with E-state index in [0.29, 0.717) is 52.4 Å². The van der Waals surface area contributed by atoms with E-state index in [1.165, 1.54) is 18.2 Å². The fourth-order valence-electron chi connectivity index (χ4n) is 4.88. The molecule has 1 heterocycles. The molecule has 0 saturated heterocycles. The molecule has 2 aliphatic rings. The van der Waals surface area contributed by atoms with Gasteiger partial charge in [-0.1, -0.05) is 19.9 Å². The number of benzene rings is 2. The number of methoxy groups -OCH3 is 2. The van der Waals surface area contributed by atoms with Gasteiger partial charge in [-0.25, -0.2) is 4.39 Å². The molecule has 0 spiro atoms. The SMILES string of the molecule is COc1ccc(OC)c([C@@H]2C(C(=O)Nc3cccc(F)c3)=C(C)NC3=C2C(=O)CC(C)(C)C3)c1. The van der Waals surface area contributed by atoms with Crippen LogP contribution in [-0.2, 0) is 9.59 Å². The maximum atomic E-state index is 13.7. The van der Waals surface area contributed by atoms with Gasteiger partial charge in [-0.2, -0.15) is 0 Å². The largest absolute Gasteiger partial charge is 0.497 e. The number of amides is 1. The Balaban J connectivity index is 1.88. The zero-order chi connectivity index (χ0) is 24.6. The van der Waals surface area contributed by atoms with Crippen molar-refractivity contribution in [1.82, 2.24) is 5.32 Å². The standard InChI is InChI=1S/C27H29FN2O4/c1-15-23(26(32)30-17-8-6-7-16(28)11-17)24(19-12-18(33-4)9-10-22(19)34-5)25-20(29-15)13-27(2,3)14-21(25)31/h6-12,24,29H,13-14H2,1-5H3,(H,30,32)/t24-/m1/s1. The molecule has 1 atom stereocenters. The van der Waals surface area contributed by atoms with Crippen molar-refractivity contribution in [2.75, 3.05) is 19.5 Å². The van der Waals surface area contributed by atoms with Crippen LogP contribution in [-0.4, -0.2) is 25.9 Å². The van der Waals surface area contributed by atoms with Crippen LogP contribution in [0.2, 0.25) is 0 Å². The summed E-state index contributed by atoms with van der Waals surface area (Å²) in [5.41, 5.74) is 3.17. The molecule has 0 fully saturated rings. The Morgan fingerprint density at radius 2 is 1.88 bits per heavy atom. The highest BCUT2D eigenvalue weighted by Gasteiger charge is 2.43. The highest BCUT2D eigenvalue weighted by atomic mass is 19.1. The Hall–Kier alpha value is -3.61. The zero-order valence-corrected chi connectivity index (χ0v) is 20.0. The van der Waals surface area contributed by atoms with E-state index < -0.39 is 17.6 Å². The molecule has 2 aromatic rings. The summed E-state index contributed by atoms with van der Waals surface area (Å²) in [5.74, 6) is -0.431. The Labute approximate surface area is 198 Å². The third kappa shape index (κ3) is 4.42. The summed E-state index contributed by atoms with van der Waals surface area (Å²) in [6, 6.07) is 11.1. The molecule has 34 heavy (non-hydrogen) atoms. The minimum absolute atomic E-state index is 0.0165. The second-order valence-corrected chi connectivity index (χ2v) is 9.50. The van der Waals surface area contributed by atoms with Crippen molar-refractivity contribution in [2.24, 2.45) is 5.41 Å². The molecule has 0 saturated carbocycles. The minimum Gasteiger partial charge on any atom is -0.497 e. The molecule has 2 N–H and O–H groups in total. The van der Waals surface area contributed by atoms with Crippen molar-refractivity contribution in [3.8, 4) is 11.5 Å². The van der Waals surface area contributed by atoms with Crippen LogP contribution in [0.1, 0.15) is 45.1 Å². The number of ketones is 1. The van der Waals surface area contributed by atoms with Gasteiger partial charge in [0, 0.05) is 40.2 Å². The Bertz CT molecular complexity index is 1230. The highest BCUT2D eigenvalue weighted by molar-refractivity contribution is 6.10. The number of Topliss-reactive ketones (excluding diaryl/α,β-unsaturated/α-hetero) is 1. The molecule has 0 unspecified atom stereocenters. The van der Waals surface area contributed by atoms with E-state index in [2.05, 4.69) is 24.5 Å². The molecule has 178 valence electrons. The normalized spacial score (nSPS) is 19.4. The predicted molar refractivity (Wildman–Crippen MR) is 128 cm³/mol. The van der Waals surface area contributed by atoms with Gasteiger partial charge in [-0.3, -0.25) is 9.59 Å². The van der Waals surface area contributed by atoms with E-state index in [1.807, 2.05) is 6.92 Å². The van der Waals surface area contributed by atoms with Crippen LogP contribution >= 0.6 is 0 Å². The second-order valence-electron chi connectivity index (χ2n) is 9.50. The number of carbonyl (C=O) groups is 2. The van der Waals surface area contributed by atoms with Crippen LogP contribution < -0.4 is 20.1 Å². The van der Waals surface area contributed by atoms with Crippen LogP contribution in [0.15, 0.2) is 65.0 Å². The lowest BCUT2D eigenvalue weighted by molar-refractivity contribution is -0.118. The summed E-state index contributed by atoms with van der Waals surface area (Å²) >= 11 is 0. The Morgan fingerprint density at radius 3 is 2.56 bits per heavy atom. The van der Waals surface area contributed by atoms with Gasteiger partial charge in [0.15, 0.2) is 5.78 Å². The monoisotopic (exact) mass is 464 g/mol. The van der Waals surface area contributed by atoms with Crippen molar-refractivity contribution in [3.05, 3.63) is 76.4 Å². The van der Waals surface area contributed by atoms with Gasteiger partial charge in [-0.05, 0) is 55.2 Å². The molecule has 2 aromatic carbocycles. The first-order chi connectivity index (χ1) is 16.1. The molecule has 0 aromatic heterocycles. The van der Waals surface area contributed by atoms with E-state index in [4.69, 9.17) is 9.47 Å². The van der Waals surface area contributed by atoms with Crippen molar-refractivity contribution >= 4 is 17.4 Å². The summed E-state index contributed by atoms with van der Waals surface area (Å²) in [6.07, 6.45) is 1.04. The van der Waals surface area contributed by atoms with Crippen LogP contribution in [0.25, 0.3) is 0 Å². The van der Waals surface area contributed by atoms with Crippen LogP contribution in [0.4, 0.5) is 10.1 Å². The number of dihydropyridines is 1. The summed E-state index contributed by atoms with van der Waals surface area (Å²) in [5, 5.41) is 6.12. The molecule has 1 amide bonds. The topological polar surface area (TPSA) is 76.7 Å². The van der Waals surface area contributed by atoms with Crippen LogP contribution in [0.5, 0.6) is 11.5 Å². The number of rotatable bonds is 5. The molecule has 6 nitrogen and oxygen atoms in total. The average molecular weight is 465 g/mol. The minimum atomic E-state index is -0.668. The van der Waals surface area contributed by atoms with Crippen LogP contribution in [0, 0.1) is 11.2 Å². The third-order valence-electron chi connectivity index (χ3n) is 6.31. The molecule has 1 aliphatic carbocycles. The second kappa shape index (κ2) is 8.97.